The minimum atomic E-state index is -4.39. The van der Waals surface area contributed by atoms with Crippen LogP contribution in [-0.2, 0) is 6.18 Å². The minimum absolute atomic E-state index is 0.191. The van der Waals surface area contributed by atoms with Gasteiger partial charge in [0.05, 0.1) is 0 Å². The van der Waals surface area contributed by atoms with Crippen LogP contribution in [0.2, 0.25) is 0 Å². The van der Waals surface area contributed by atoms with Crippen LogP contribution in [0.4, 0.5) is 13.2 Å². The highest BCUT2D eigenvalue weighted by atomic mass is 19.4. The lowest BCUT2D eigenvalue weighted by Crippen LogP contribution is -2.08. The van der Waals surface area contributed by atoms with Gasteiger partial charge in [-0.3, -0.25) is 0 Å². The molecule has 1 aliphatic rings. The highest BCUT2D eigenvalue weighted by Crippen LogP contribution is 2.28. The number of aromatic nitrogens is 1. The van der Waals surface area contributed by atoms with Crippen LogP contribution in [0.3, 0.4) is 0 Å². The van der Waals surface area contributed by atoms with Gasteiger partial charge in [0.2, 0.25) is 0 Å². The minimum Gasteiger partial charge on any atom is -0.235 e. The topological polar surface area (TPSA) is 12.9 Å². The summed E-state index contributed by atoms with van der Waals surface area (Å²) in [6.45, 7) is 0. The first-order valence-electron chi connectivity index (χ1n) is 4.61. The Morgan fingerprint density at radius 3 is 2.60 bits per heavy atom. The van der Waals surface area contributed by atoms with E-state index in [0.29, 0.717) is 5.92 Å². The van der Waals surface area contributed by atoms with Crippen molar-refractivity contribution in [3.05, 3.63) is 29.6 Å². The maximum atomic E-state index is 12.3. The van der Waals surface area contributed by atoms with Crippen LogP contribution in [0.5, 0.6) is 0 Å². The van der Waals surface area contributed by atoms with E-state index in [1.54, 1.807) is 0 Å². The van der Waals surface area contributed by atoms with Crippen molar-refractivity contribution in [1.82, 2.24) is 4.98 Å². The van der Waals surface area contributed by atoms with E-state index in [-0.39, 0.29) is 5.69 Å². The van der Waals surface area contributed by atoms with E-state index < -0.39 is 11.9 Å². The van der Waals surface area contributed by atoms with Crippen molar-refractivity contribution in [3.63, 3.8) is 0 Å². The second-order valence-corrected chi connectivity index (χ2v) is 3.45. The summed E-state index contributed by atoms with van der Waals surface area (Å²) in [5.41, 5.74) is -0.693. The molecule has 1 nitrogen and oxygen atoms in total. The Balaban J connectivity index is 2.23. The van der Waals surface area contributed by atoms with Crippen molar-refractivity contribution in [2.75, 3.05) is 0 Å². The largest absolute Gasteiger partial charge is 0.433 e. The molecule has 0 N–H and O–H groups in total. The molecule has 0 spiro atoms. The van der Waals surface area contributed by atoms with E-state index >= 15 is 0 Å². The Morgan fingerprint density at radius 1 is 1.27 bits per heavy atom. The van der Waals surface area contributed by atoms with Gasteiger partial charge in [0.25, 0.3) is 0 Å². The van der Waals surface area contributed by atoms with Gasteiger partial charge in [-0.15, -0.1) is 0 Å². The Hall–Kier alpha value is -1.50. The summed E-state index contributed by atoms with van der Waals surface area (Å²) in [4.78, 5) is 3.45. The number of rotatable bonds is 0. The molecule has 0 saturated heterocycles. The van der Waals surface area contributed by atoms with Gasteiger partial charge >= 0.3 is 6.18 Å². The third kappa shape index (κ3) is 2.72. The fraction of sp³-hybridized carbons (Fsp3) is 0.364. The average molecular weight is 211 g/mol. The zero-order chi connectivity index (χ0) is 10.9. The van der Waals surface area contributed by atoms with E-state index in [1.807, 2.05) is 0 Å². The predicted molar refractivity (Wildman–Crippen MR) is 48.8 cm³/mol. The molecular weight excluding hydrogens is 203 g/mol. The molecule has 1 aromatic rings. The molecule has 0 aromatic carbocycles. The first-order chi connectivity index (χ1) is 7.05. The van der Waals surface area contributed by atoms with Gasteiger partial charge in [0.15, 0.2) is 0 Å². The van der Waals surface area contributed by atoms with Gasteiger partial charge in [0.1, 0.15) is 11.4 Å². The van der Waals surface area contributed by atoms with Crippen molar-refractivity contribution >= 4 is 0 Å². The summed E-state index contributed by atoms with van der Waals surface area (Å²) in [6.07, 6.45) is -2.30. The summed E-state index contributed by atoms with van der Waals surface area (Å²) >= 11 is 0. The number of hydrogen-bond donors (Lipinski definition) is 0. The average Bonchev–Trinajstić information content (AvgIpc) is 2.97. The number of alkyl halides is 3. The SMILES string of the molecule is FC(F)(F)c1cccc(C#CC2CC2)n1. The summed E-state index contributed by atoms with van der Waals surface area (Å²) in [6, 6.07) is 3.76. The van der Waals surface area contributed by atoms with Gasteiger partial charge < -0.3 is 0 Å². The summed E-state index contributed by atoms with van der Waals surface area (Å²) in [5, 5.41) is 0. The lowest BCUT2D eigenvalue weighted by molar-refractivity contribution is -0.141. The molecule has 1 fully saturated rings. The Bertz CT molecular complexity index is 421. The van der Waals surface area contributed by atoms with Crippen molar-refractivity contribution in [2.45, 2.75) is 19.0 Å². The maximum absolute atomic E-state index is 12.3. The number of halogens is 3. The molecular formula is C11H8F3N. The highest BCUT2D eigenvalue weighted by Gasteiger charge is 2.32. The van der Waals surface area contributed by atoms with Crippen LogP contribution >= 0.6 is 0 Å². The lowest BCUT2D eigenvalue weighted by Gasteiger charge is -2.04. The van der Waals surface area contributed by atoms with Crippen molar-refractivity contribution in [2.24, 2.45) is 5.92 Å². The Kier molecular flexibility index (Phi) is 2.39. The van der Waals surface area contributed by atoms with E-state index in [1.165, 1.54) is 12.1 Å². The second kappa shape index (κ2) is 3.58. The molecule has 15 heavy (non-hydrogen) atoms. The molecule has 2 rings (SSSR count). The molecule has 0 amide bonds. The Labute approximate surface area is 85.3 Å². The smallest absolute Gasteiger partial charge is 0.235 e. The number of nitrogens with zero attached hydrogens (tertiary/aromatic N) is 1. The molecule has 0 atom stereocenters. The fourth-order valence-electron chi connectivity index (χ4n) is 1.07. The second-order valence-electron chi connectivity index (χ2n) is 3.45. The molecule has 78 valence electrons. The van der Waals surface area contributed by atoms with Gasteiger partial charge in [0, 0.05) is 5.92 Å². The van der Waals surface area contributed by atoms with Crippen LogP contribution < -0.4 is 0 Å². The van der Waals surface area contributed by atoms with E-state index in [0.717, 1.165) is 18.9 Å². The molecule has 0 unspecified atom stereocenters. The van der Waals surface area contributed by atoms with Crippen molar-refractivity contribution in [1.29, 1.82) is 0 Å². The van der Waals surface area contributed by atoms with Gasteiger partial charge in [-0.05, 0) is 30.9 Å². The predicted octanol–water partition coefficient (Wildman–Crippen LogP) is 2.86. The lowest BCUT2D eigenvalue weighted by atomic mass is 10.3. The maximum Gasteiger partial charge on any atom is 0.433 e. The molecule has 1 aromatic heterocycles. The fourth-order valence-corrected chi connectivity index (χ4v) is 1.07. The Morgan fingerprint density at radius 2 is 2.00 bits per heavy atom. The first-order valence-corrected chi connectivity index (χ1v) is 4.61. The number of hydrogen-bond acceptors (Lipinski definition) is 1. The molecule has 0 aliphatic heterocycles. The first kappa shape index (κ1) is 10.0. The summed E-state index contributed by atoms with van der Waals surface area (Å²) < 4.78 is 36.8. The normalized spacial score (nSPS) is 15.7. The third-order valence-corrected chi connectivity index (χ3v) is 2.02. The highest BCUT2D eigenvalue weighted by molar-refractivity contribution is 5.30. The van der Waals surface area contributed by atoms with E-state index in [9.17, 15) is 13.2 Å². The molecule has 1 aliphatic carbocycles. The monoisotopic (exact) mass is 211 g/mol. The van der Waals surface area contributed by atoms with Crippen molar-refractivity contribution in [3.8, 4) is 11.8 Å². The molecule has 0 radical (unpaired) electrons. The van der Waals surface area contributed by atoms with Gasteiger partial charge in [-0.1, -0.05) is 12.0 Å². The zero-order valence-corrected chi connectivity index (χ0v) is 7.80. The zero-order valence-electron chi connectivity index (χ0n) is 7.80. The van der Waals surface area contributed by atoms with Gasteiger partial charge in [-0.2, -0.15) is 13.2 Å². The van der Waals surface area contributed by atoms with E-state index in [2.05, 4.69) is 16.8 Å². The molecule has 4 heteroatoms. The standard InChI is InChI=1S/C11H8F3N/c12-11(13,14)10-3-1-2-9(15-10)7-6-8-4-5-8/h1-3,8H,4-5H2. The van der Waals surface area contributed by atoms with Crippen LogP contribution in [0, 0.1) is 17.8 Å². The summed E-state index contributed by atoms with van der Waals surface area (Å²) in [5.74, 6) is 5.89. The number of pyridine rings is 1. The molecule has 0 bridgehead atoms. The summed E-state index contributed by atoms with van der Waals surface area (Å²) in [7, 11) is 0. The van der Waals surface area contributed by atoms with Crippen LogP contribution in [-0.4, -0.2) is 4.98 Å². The third-order valence-electron chi connectivity index (χ3n) is 2.02. The quantitative estimate of drug-likeness (QED) is 0.601. The van der Waals surface area contributed by atoms with E-state index in [4.69, 9.17) is 0 Å². The van der Waals surface area contributed by atoms with Crippen LogP contribution in [0.25, 0.3) is 0 Å². The molecule has 1 saturated carbocycles. The van der Waals surface area contributed by atoms with Crippen molar-refractivity contribution < 1.29 is 13.2 Å². The van der Waals surface area contributed by atoms with Gasteiger partial charge in [-0.25, -0.2) is 4.98 Å². The van der Waals surface area contributed by atoms with Crippen LogP contribution in [0.1, 0.15) is 24.2 Å². The van der Waals surface area contributed by atoms with Crippen LogP contribution in [0.15, 0.2) is 18.2 Å². The molecule has 1 heterocycles.